The molecule has 0 bridgehead atoms. The van der Waals surface area contributed by atoms with Gasteiger partial charge in [-0.2, -0.15) is 10.5 Å². The third kappa shape index (κ3) is 12.7. The molecule has 10 aromatic rings. The highest BCUT2D eigenvalue weighted by molar-refractivity contribution is 6.34. The Morgan fingerprint density at radius 1 is 0.408 bits per heavy atom. The molecule has 0 aliphatic rings. The summed E-state index contributed by atoms with van der Waals surface area (Å²) < 4.78 is 25.4. The maximum atomic E-state index is 10.9. The molecule has 5 aromatic heterocycles. The minimum absolute atomic E-state index is 0.0650. The van der Waals surface area contributed by atoms with Gasteiger partial charge in [0, 0.05) is 57.9 Å². The van der Waals surface area contributed by atoms with Gasteiger partial charge in [-0.1, -0.05) is 11.6 Å². The largest absolute Gasteiger partial charge is 0.497 e. The fraction of sp³-hybridized carbons (Fsp3) is 0.0926. The lowest BCUT2D eigenvalue weighted by Crippen LogP contribution is -2.00. The van der Waals surface area contributed by atoms with E-state index in [1.54, 1.807) is 103 Å². The van der Waals surface area contributed by atoms with E-state index in [2.05, 4.69) is 37.1 Å². The SMILES string of the molecule is COc1ccc2c(C#N)nccc2c1.COc1ccc2c(C#N)nccc2c1.COc1ccc2c(C(=O)O)nccc2c1.COc1ccc2c(C(=O)O)nccc2c1.COc1ccc2c(Cl)nccc2c1. The van der Waals surface area contributed by atoms with Gasteiger partial charge in [0.1, 0.15) is 57.4 Å². The number of methoxy groups -OCH3 is 5. The van der Waals surface area contributed by atoms with E-state index >= 15 is 0 Å². The van der Waals surface area contributed by atoms with Crippen LogP contribution in [-0.4, -0.2) is 82.6 Å². The van der Waals surface area contributed by atoms with Crippen LogP contribution < -0.4 is 23.7 Å². The van der Waals surface area contributed by atoms with Gasteiger partial charge in [-0.3, -0.25) is 0 Å². The summed E-state index contributed by atoms with van der Waals surface area (Å²) in [4.78, 5) is 41.3. The molecule has 354 valence electrons. The van der Waals surface area contributed by atoms with Crippen LogP contribution >= 0.6 is 11.6 Å². The number of rotatable bonds is 7. The first kappa shape index (κ1) is 50.8. The van der Waals surface area contributed by atoms with Gasteiger partial charge in [-0.15, -0.1) is 0 Å². The molecule has 0 atom stereocenters. The summed E-state index contributed by atoms with van der Waals surface area (Å²) >= 11 is 5.90. The van der Waals surface area contributed by atoms with Crippen LogP contribution in [0.15, 0.2) is 152 Å². The van der Waals surface area contributed by atoms with Crippen LogP contribution in [-0.2, 0) is 0 Å². The number of hydrogen-bond acceptors (Lipinski definition) is 14. The Morgan fingerprint density at radius 3 is 0.986 bits per heavy atom. The van der Waals surface area contributed by atoms with Crippen molar-refractivity contribution < 1.29 is 43.5 Å². The molecular weight excluding hydrogens is 926 g/mol. The van der Waals surface area contributed by atoms with Crippen LogP contribution in [0.2, 0.25) is 5.15 Å². The molecule has 10 rings (SSSR count). The van der Waals surface area contributed by atoms with Crippen molar-refractivity contribution in [1.82, 2.24) is 24.9 Å². The van der Waals surface area contributed by atoms with Crippen LogP contribution in [0.25, 0.3) is 53.9 Å². The molecule has 0 saturated heterocycles. The fourth-order valence-corrected chi connectivity index (χ4v) is 7.13. The van der Waals surface area contributed by atoms with Crippen LogP contribution in [0.3, 0.4) is 0 Å². The zero-order valence-electron chi connectivity index (χ0n) is 38.7. The Bertz CT molecular complexity index is 3430. The minimum atomic E-state index is -1.02. The standard InChI is InChI=1S/2C11H8N2O.2C11H9NO3.C10H8ClNO/c2*1-14-9-2-3-10-8(6-9)4-5-13-11(10)7-12;2*1-15-8-2-3-9-7(6-8)4-5-12-10(9)11(13)14;1-13-8-2-3-9-7(6-8)4-5-12-10(9)11/h2*2-6H,1H3;2*2-6H,1H3,(H,13,14);2-6H,1H3. The Labute approximate surface area is 411 Å². The number of aromatic carboxylic acids is 2. The minimum Gasteiger partial charge on any atom is -0.497 e. The average Bonchev–Trinajstić information content (AvgIpc) is 3.42. The second-order valence-corrected chi connectivity index (χ2v) is 14.9. The number of carboxylic acid groups (broad SMARTS) is 2. The van der Waals surface area contributed by atoms with Gasteiger partial charge in [0.25, 0.3) is 0 Å². The van der Waals surface area contributed by atoms with Crippen LogP contribution in [0.1, 0.15) is 32.4 Å². The van der Waals surface area contributed by atoms with Crippen LogP contribution in [0, 0.1) is 22.7 Å². The molecule has 0 aliphatic heterocycles. The van der Waals surface area contributed by atoms with Gasteiger partial charge in [0.15, 0.2) is 11.4 Å². The summed E-state index contributed by atoms with van der Waals surface area (Å²) in [5.41, 5.74) is 1.03. The quantitative estimate of drug-likeness (QED) is 0.141. The number of halogens is 1. The maximum Gasteiger partial charge on any atom is 0.355 e. The second kappa shape index (κ2) is 24.4. The highest BCUT2D eigenvalue weighted by Gasteiger charge is 2.11. The maximum absolute atomic E-state index is 10.9. The fourth-order valence-electron chi connectivity index (χ4n) is 6.90. The number of carboxylic acids is 2. The molecule has 0 spiro atoms. The van der Waals surface area contributed by atoms with Crippen molar-refractivity contribution in [3.05, 3.63) is 180 Å². The molecule has 17 heteroatoms. The van der Waals surface area contributed by atoms with Gasteiger partial charge in [-0.05, 0) is 148 Å². The van der Waals surface area contributed by atoms with E-state index in [9.17, 15) is 9.59 Å². The number of carbonyl (C=O) groups is 2. The zero-order chi connectivity index (χ0) is 50.9. The van der Waals surface area contributed by atoms with Crippen molar-refractivity contribution in [1.29, 1.82) is 10.5 Å². The Kier molecular flexibility index (Phi) is 17.4. The lowest BCUT2D eigenvalue weighted by Gasteiger charge is -2.03. The van der Waals surface area contributed by atoms with Crippen molar-refractivity contribution >= 4 is 77.4 Å². The van der Waals surface area contributed by atoms with Crippen LogP contribution in [0.4, 0.5) is 0 Å². The lowest BCUT2D eigenvalue weighted by molar-refractivity contribution is 0.0682. The molecule has 0 fully saturated rings. The Balaban J connectivity index is 0.000000145. The topological polar surface area (TPSA) is 233 Å². The van der Waals surface area contributed by atoms with Crippen molar-refractivity contribution in [3.63, 3.8) is 0 Å². The van der Waals surface area contributed by atoms with E-state index in [1.807, 2.05) is 72.8 Å². The van der Waals surface area contributed by atoms with Gasteiger partial charge in [0.2, 0.25) is 0 Å². The van der Waals surface area contributed by atoms with E-state index in [1.165, 1.54) is 12.4 Å². The highest BCUT2D eigenvalue weighted by Crippen LogP contribution is 2.27. The summed E-state index contributed by atoms with van der Waals surface area (Å²) in [5, 5.41) is 44.5. The first-order valence-electron chi connectivity index (χ1n) is 21.0. The Morgan fingerprint density at radius 2 is 0.676 bits per heavy atom. The molecular formula is C54H42ClN7O9. The number of hydrogen-bond donors (Lipinski definition) is 2. The lowest BCUT2D eigenvalue weighted by atomic mass is 10.1. The summed E-state index contributed by atoms with van der Waals surface area (Å²) in [6.45, 7) is 0. The molecule has 0 radical (unpaired) electrons. The highest BCUT2D eigenvalue weighted by atomic mass is 35.5. The third-order valence-corrected chi connectivity index (χ3v) is 10.7. The molecule has 0 aliphatic carbocycles. The summed E-state index contributed by atoms with van der Waals surface area (Å²) in [6, 6.07) is 40.5. The van der Waals surface area contributed by atoms with E-state index in [0.29, 0.717) is 38.8 Å². The number of fused-ring (bicyclic) bond motifs is 5. The van der Waals surface area contributed by atoms with E-state index < -0.39 is 11.9 Å². The summed E-state index contributed by atoms with van der Waals surface area (Å²) in [5.74, 6) is 1.75. The number of ether oxygens (including phenoxy) is 5. The van der Waals surface area contributed by atoms with Gasteiger partial charge in [0.05, 0.1) is 35.5 Å². The number of benzene rings is 5. The predicted octanol–water partition coefficient (Wildman–Crippen LogP) is 11.0. The summed E-state index contributed by atoms with van der Waals surface area (Å²) in [6.07, 6.45) is 7.89. The van der Waals surface area contributed by atoms with Gasteiger partial charge < -0.3 is 33.9 Å². The zero-order valence-corrected chi connectivity index (χ0v) is 39.5. The normalized spacial score (nSPS) is 10.0. The van der Waals surface area contributed by atoms with Gasteiger partial charge >= 0.3 is 11.9 Å². The third-order valence-electron chi connectivity index (χ3n) is 10.4. The molecule has 0 unspecified atom stereocenters. The number of nitriles is 2. The first-order chi connectivity index (χ1) is 34.4. The molecule has 16 nitrogen and oxygen atoms in total. The van der Waals surface area contributed by atoms with E-state index in [4.69, 9.17) is 56.0 Å². The summed E-state index contributed by atoms with van der Waals surface area (Å²) in [7, 11) is 8.02. The van der Waals surface area contributed by atoms with Crippen molar-refractivity contribution in [3.8, 4) is 40.9 Å². The van der Waals surface area contributed by atoms with E-state index in [0.717, 1.165) is 60.3 Å². The molecule has 0 saturated carbocycles. The molecule has 5 heterocycles. The monoisotopic (exact) mass is 967 g/mol. The van der Waals surface area contributed by atoms with Crippen molar-refractivity contribution in [2.75, 3.05) is 35.5 Å². The first-order valence-corrected chi connectivity index (χ1v) is 21.4. The molecule has 2 N–H and O–H groups in total. The average molecular weight is 968 g/mol. The van der Waals surface area contributed by atoms with E-state index in [-0.39, 0.29) is 11.4 Å². The van der Waals surface area contributed by atoms with Gasteiger partial charge in [-0.25, -0.2) is 34.5 Å². The van der Waals surface area contributed by atoms with Crippen molar-refractivity contribution in [2.24, 2.45) is 0 Å². The molecule has 0 amide bonds. The predicted molar refractivity (Wildman–Crippen MR) is 270 cm³/mol. The van der Waals surface area contributed by atoms with Crippen molar-refractivity contribution in [2.45, 2.75) is 0 Å². The molecule has 71 heavy (non-hydrogen) atoms. The second-order valence-electron chi connectivity index (χ2n) is 14.5. The number of aromatic nitrogens is 5. The molecule has 5 aromatic carbocycles. The smallest absolute Gasteiger partial charge is 0.355 e. The number of nitrogens with zero attached hydrogens (tertiary/aromatic N) is 7. The number of pyridine rings is 5. The Hall–Kier alpha value is -9.64. The van der Waals surface area contributed by atoms with Crippen LogP contribution in [0.5, 0.6) is 28.7 Å².